The summed E-state index contributed by atoms with van der Waals surface area (Å²) in [5.41, 5.74) is 2.12. The van der Waals surface area contributed by atoms with Crippen LogP contribution in [0.4, 0.5) is 0 Å². The van der Waals surface area contributed by atoms with Gasteiger partial charge in [-0.3, -0.25) is 4.79 Å². The van der Waals surface area contributed by atoms with Crippen LogP contribution in [0.25, 0.3) is 22.1 Å². The highest BCUT2D eigenvalue weighted by molar-refractivity contribution is 5.87. The predicted octanol–water partition coefficient (Wildman–Crippen LogP) is 3.99. The molecule has 0 aliphatic carbocycles. The fraction of sp³-hybridized carbons (Fsp3) is 0.167. The molecule has 4 nitrogen and oxygen atoms in total. The fourth-order valence-corrected chi connectivity index (χ4v) is 2.47. The van der Waals surface area contributed by atoms with Crippen molar-refractivity contribution >= 4 is 11.0 Å². The maximum atomic E-state index is 12.6. The van der Waals surface area contributed by atoms with Crippen LogP contribution in [0.1, 0.15) is 25.3 Å². The molecule has 22 heavy (non-hydrogen) atoms. The second-order valence-corrected chi connectivity index (χ2v) is 5.59. The highest BCUT2D eigenvalue weighted by Crippen LogP contribution is 2.29. The van der Waals surface area contributed by atoms with E-state index < -0.39 is 0 Å². The van der Waals surface area contributed by atoms with E-state index in [4.69, 9.17) is 4.42 Å². The highest BCUT2D eigenvalue weighted by Gasteiger charge is 2.14. The molecule has 1 heterocycles. The van der Waals surface area contributed by atoms with Crippen molar-refractivity contribution in [2.75, 3.05) is 0 Å². The van der Waals surface area contributed by atoms with E-state index in [1.165, 1.54) is 17.9 Å². The van der Waals surface area contributed by atoms with Gasteiger partial charge in [0.25, 0.3) is 0 Å². The lowest BCUT2D eigenvalue weighted by Gasteiger charge is -2.08. The summed E-state index contributed by atoms with van der Waals surface area (Å²) in [5.74, 6) is -0.0272. The monoisotopic (exact) mass is 296 g/mol. The lowest BCUT2D eigenvalue weighted by atomic mass is 9.99. The molecule has 0 aliphatic heterocycles. The van der Waals surface area contributed by atoms with E-state index >= 15 is 0 Å². The van der Waals surface area contributed by atoms with Crippen LogP contribution in [0, 0.1) is 0 Å². The summed E-state index contributed by atoms with van der Waals surface area (Å²) in [6.45, 7) is 4.20. The Morgan fingerprint density at radius 2 is 1.73 bits per heavy atom. The number of hydrogen-bond donors (Lipinski definition) is 2. The molecule has 0 saturated carbocycles. The third-order valence-corrected chi connectivity index (χ3v) is 3.73. The van der Waals surface area contributed by atoms with Crippen LogP contribution in [0.2, 0.25) is 0 Å². The van der Waals surface area contributed by atoms with Crippen LogP contribution in [-0.4, -0.2) is 10.2 Å². The molecule has 0 unspecified atom stereocenters. The van der Waals surface area contributed by atoms with Crippen LogP contribution in [0.15, 0.2) is 51.9 Å². The van der Waals surface area contributed by atoms with Crippen molar-refractivity contribution in [1.29, 1.82) is 0 Å². The van der Waals surface area contributed by atoms with Crippen molar-refractivity contribution in [2.24, 2.45) is 0 Å². The molecule has 0 aliphatic rings. The Labute approximate surface area is 127 Å². The minimum Gasteiger partial charge on any atom is -0.508 e. The van der Waals surface area contributed by atoms with E-state index in [9.17, 15) is 15.0 Å². The van der Waals surface area contributed by atoms with Crippen LogP contribution >= 0.6 is 0 Å². The van der Waals surface area contributed by atoms with Crippen molar-refractivity contribution in [3.8, 4) is 22.6 Å². The van der Waals surface area contributed by atoms with Gasteiger partial charge in [-0.1, -0.05) is 38.1 Å². The van der Waals surface area contributed by atoms with Crippen molar-refractivity contribution < 1.29 is 14.6 Å². The lowest BCUT2D eigenvalue weighted by Crippen LogP contribution is -2.05. The molecular formula is C18H16O4. The van der Waals surface area contributed by atoms with Crippen LogP contribution in [-0.2, 0) is 0 Å². The molecule has 0 bridgehead atoms. The lowest BCUT2D eigenvalue weighted by molar-refractivity contribution is 0.452. The topological polar surface area (TPSA) is 70.7 Å². The van der Waals surface area contributed by atoms with Crippen LogP contribution < -0.4 is 5.43 Å². The molecule has 0 saturated heterocycles. The van der Waals surface area contributed by atoms with Gasteiger partial charge in [-0.25, -0.2) is 0 Å². The molecule has 2 N–H and O–H groups in total. The van der Waals surface area contributed by atoms with Crippen molar-refractivity contribution in [1.82, 2.24) is 0 Å². The molecule has 0 spiro atoms. The zero-order valence-corrected chi connectivity index (χ0v) is 12.3. The summed E-state index contributed by atoms with van der Waals surface area (Å²) in [5, 5.41) is 19.4. The molecule has 0 amide bonds. The van der Waals surface area contributed by atoms with Gasteiger partial charge >= 0.3 is 0 Å². The molecule has 1 aromatic heterocycles. The SMILES string of the molecule is CC(C)c1ccc(-c2coc3cc(O)cc(O)c3c2=O)cc1. The van der Waals surface area contributed by atoms with Gasteiger partial charge in [0.15, 0.2) is 0 Å². The Kier molecular flexibility index (Phi) is 3.37. The Morgan fingerprint density at radius 3 is 2.36 bits per heavy atom. The quantitative estimate of drug-likeness (QED) is 0.750. The van der Waals surface area contributed by atoms with E-state index in [0.717, 1.165) is 11.6 Å². The summed E-state index contributed by atoms with van der Waals surface area (Å²) in [6, 6.07) is 10.1. The third-order valence-electron chi connectivity index (χ3n) is 3.73. The Hall–Kier alpha value is -2.75. The average Bonchev–Trinajstić information content (AvgIpc) is 2.47. The van der Waals surface area contributed by atoms with Crippen LogP contribution in [0.3, 0.4) is 0 Å². The Balaban J connectivity index is 2.20. The molecule has 4 heteroatoms. The standard InChI is InChI=1S/C18H16O4/c1-10(2)11-3-5-12(6-4-11)14-9-22-16-8-13(19)7-15(20)17(16)18(14)21/h3-10,19-20H,1-2H3. The molecule has 0 radical (unpaired) electrons. The molecule has 3 aromatic rings. The van der Waals surface area contributed by atoms with E-state index in [1.807, 2.05) is 24.3 Å². The first-order valence-corrected chi connectivity index (χ1v) is 7.05. The zero-order chi connectivity index (χ0) is 15.9. The largest absolute Gasteiger partial charge is 0.508 e. The molecule has 112 valence electrons. The first-order valence-electron chi connectivity index (χ1n) is 7.05. The number of hydrogen-bond acceptors (Lipinski definition) is 4. The molecule has 0 fully saturated rings. The van der Waals surface area contributed by atoms with E-state index in [1.54, 1.807) is 0 Å². The minimum atomic E-state index is -0.323. The summed E-state index contributed by atoms with van der Waals surface area (Å²) >= 11 is 0. The smallest absolute Gasteiger partial charge is 0.204 e. The molecule has 2 aromatic carbocycles. The molecule has 0 atom stereocenters. The normalized spacial score (nSPS) is 11.2. The van der Waals surface area contributed by atoms with Gasteiger partial charge in [-0.15, -0.1) is 0 Å². The van der Waals surface area contributed by atoms with Crippen molar-refractivity contribution in [2.45, 2.75) is 19.8 Å². The van der Waals surface area contributed by atoms with Gasteiger partial charge in [0.2, 0.25) is 5.43 Å². The molecule has 3 rings (SSSR count). The summed E-state index contributed by atoms with van der Waals surface area (Å²) in [6.07, 6.45) is 1.36. The van der Waals surface area contributed by atoms with Crippen LogP contribution in [0.5, 0.6) is 11.5 Å². The van der Waals surface area contributed by atoms with Crippen molar-refractivity contribution in [3.05, 3.63) is 58.4 Å². The second kappa shape index (κ2) is 5.22. The van der Waals surface area contributed by atoms with E-state index in [2.05, 4.69) is 13.8 Å². The van der Waals surface area contributed by atoms with Gasteiger partial charge in [-0.05, 0) is 17.0 Å². The van der Waals surface area contributed by atoms with Gasteiger partial charge in [-0.2, -0.15) is 0 Å². The highest BCUT2D eigenvalue weighted by atomic mass is 16.3. The summed E-state index contributed by atoms with van der Waals surface area (Å²) < 4.78 is 5.40. The van der Waals surface area contributed by atoms with Crippen molar-refractivity contribution in [3.63, 3.8) is 0 Å². The Morgan fingerprint density at radius 1 is 1.05 bits per heavy atom. The number of rotatable bonds is 2. The molecular weight excluding hydrogens is 280 g/mol. The fourth-order valence-electron chi connectivity index (χ4n) is 2.47. The first kappa shape index (κ1) is 14.2. The third kappa shape index (κ3) is 2.33. The maximum absolute atomic E-state index is 12.6. The van der Waals surface area contributed by atoms with E-state index in [-0.39, 0.29) is 27.9 Å². The van der Waals surface area contributed by atoms with Gasteiger partial charge in [0, 0.05) is 12.1 Å². The van der Waals surface area contributed by atoms with Gasteiger partial charge in [0.1, 0.15) is 28.7 Å². The number of aromatic hydroxyl groups is 2. The summed E-state index contributed by atoms with van der Waals surface area (Å²) in [7, 11) is 0. The number of phenols is 2. The summed E-state index contributed by atoms with van der Waals surface area (Å²) in [4.78, 5) is 12.6. The van der Waals surface area contributed by atoms with E-state index in [0.29, 0.717) is 11.5 Å². The van der Waals surface area contributed by atoms with Gasteiger partial charge < -0.3 is 14.6 Å². The van der Waals surface area contributed by atoms with Gasteiger partial charge in [0.05, 0.1) is 5.56 Å². The predicted molar refractivity (Wildman–Crippen MR) is 85.3 cm³/mol. The maximum Gasteiger partial charge on any atom is 0.204 e. The Bertz CT molecular complexity index is 889. The minimum absolute atomic E-state index is 0.0724. The first-order chi connectivity index (χ1) is 10.5. The number of benzene rings is 2. The second-order valence-electron chi connectivity index (χ2n) is 5.59. The number of phenolic OH excluding ortho intramolecular Hbond substituents is 2. The number of fused-ring (bicyclic) bond motifs is 1. The zero-order valence-electron chi connectivity index (χ0n) is 12.3. The average molecular weight is 296 g/mol.